The molecule has 0 saturated heterocycles. The highest BCUT2D eigenvalue weighted by Crippen LogP contribution is 2.21. The van der Waals surface area contributed by atoms with E-state index in [2.05, 4.69) is 10.4 Å². The molecule has 0 spiro atoms. The van der Waals surface area contributed by atoms with Crippen LogP contribution in [0.2, 0.25) is 5.02 Å². The number of hydrogen-bond donors (Lipinski definition) is 1. The van der Waals surface area contributed by atoms with E-state index >= 15 is 0 Å². The minimum absolute atomic E-state index is 0.224. The van der Waals surface area contributed by atoms with E-state index in [4.69, 9.17) is 11.6 Å². The van der Waals surface area contributed by atoms with Crippen LogP contribution in [0.25, 0.3) is 0 Å². The summed E-state index contributed by atoms with van der Waals surface area (Å²) in [5, 5.41) is 7.54. The minimum Gasteiger partial charge on any atom is -0.320 e. The maximum atomic E-state index is 12.1. The number of aryl methyl sites for hydroxylation is 3. The molecular formula is C13H14ClN3O. The molecule has 0 aliphatic carbocycles. The second kappa shape index (κ2) is 4.82. The molecule has 0 fully saturated rings. The molecule has 1 aromatic heterocycles. The predicted octanol–water partition coefficient (Wildman–Crippen LogP) is 2.94. The normalized spacial score (nSPS) is 10.4. The molecule has 94 valence electrons. The first-order chi connectivity index (χ1) is 8.47. The van der Waals surface area contributed by atoms with Gasteiger partial charge in [-0.3, -0.25) is 9.48 Å². The number of rotatable bonds is 2. The van der Waals surface area contributed by atoms with Crippen molar-refractivity contribution in [1.82, 2.24) is 9.78 Å². The van der Waals surface area contributed by atoms with E-state index in [0.29, 0.717) is 16.4 Å². The lowest BCUT2D eigenvalue weighted by Gasteiger charge is -2.07. The van der Waals surface area contributed by atoms with E-state index in [1.54, 1.807) is 30.1 Å². The highest BCUT2D eigenvalue weighted by atomic mass is 35.5. The number of carbonyl (C=O) groups excluding carboxylic acids is 1. The number of amides is 1. The number of anilines is 1. The van der Waals surface area contributed by atoms with Crippen molar-refractivity contribution in [3.63, 3.8) is 0 Å². The van der Waals surface area contributed by atoms with Gasteiger partial charge in [0.05, 0.1) is 0 Å². The number of benzene rings is 1. The Morgan fingerprint density at radius 2 is 2.06 bits per heavy atom. The van der Waals surface area contributed by atoms with Crippen molar-refractivity contribution in [1.29, 1.82) is 0 Å². The van der Waals surface area contributed by atoms with Gasteiger partial charge in [-0.05, 0) is 31.5 Å². The second-order valence-corrected chi connectivity index (χ2v) is 4.68. The molecule has 1 heterocycles. The largest absolute Gasteiger partial charge is 0.320 e. The summed E-state index contributed by atoms with van der Waals surface area (Å²) in [6, 6.07) is 5.38. The van der Waals surface area contributed by atoms with Crippen LogP contribution < -0.4 is 5.32 Å². The average Bonchev–Trinajstić information content (AvgIpc) is 2.63. The fourth-order valence-electron chi connectivity index (χ4n) is 1.74. The molecule has 0 saturated carbocycles. The summed E-state index contributed by atoms with van der Waals surface area (Å²) in [5.74, 6) is -0.224. The summed E-state index contributed by atoms with van der Waals surface area (Å²) in [5.41, 5.74) is 2.94. The van der Waals surface area contributed by atoms with Crippen molar-refractivity contribution in [3.05, 3.63) is 46.2 Å². The molecule has 0 aliphatic rings. The summed E-state index contributed by atoms with van der Waals surface area (Å²) >= 11 is 5.91. The number of hydrogen-bond acceptors (Lipinski definition) is 2. The first-order valence-electron chi connectivity index (χ1n) is 5.55. The van der Waals surface area contributed by atoms with Crippen LogP contribution in [0, 0.1) is 13.8 Å². The minimum atomic E-state index is -0.224. The van der Waals surface area contributed by atoms with Gasteiger partial charge in [-0.15, -0.1) is 0 Å². The van der Waals surface area contributed by atoms with E-state index in [1.807, 2.05) is 19.9 Å². The van der Waals surface area contributed by atoms with Crippen LogP contribution >= 0.6 is 11.6 Å². The fraction of sp³-hybridized carbons (Fsp3) is 0.231. The Kier molecular flexibility index (Phi) is 3.39. The Balaban J connectivity index is 2.26. The van der Waals surface area contributed by atoms with Crippen molar-refractivity contribution < 1.29 is 4.79 Å². The van der Waals surface area contributed by atoms with Gasteiger partial charge in [0, 0.05) is 29.5 Å². The molecule has 0 unspecified atom stereocenters. The molecule has 0 radical (unpaired) electrons. The maximum Gasteiger partial charge on any atom is 0.276 e. The molecule has 18 heavy (non-hydrogen) atoms. The predicted molar refractivity (Wildman–Crippen MR) is 72.1 cm³/mol. The molecule has 1 aromatic carbocycles. The number of nitrogens with one attached hydrogen (secondary N) is 1. The van der Waals surface area contributed by atoms with Crippen LogP contribution in [0.3, 0.4) is 0 Å². The summed E-state index contributed by atoms with van der Waals surface area (Å²) in [6.45, 7) is 3.77. The Morgan fingerprint density at radius 1 is 1.33 bits per heavy atom. The third-order valence-electron chi connectivity index (χ3n) is 2.67. The second-order valence-electron chi connectivity index (χ2n) is 4.25. The Morgan fingerprint density at radius 3 is 2.67 bits per heavy atom. The number of aromatic nitrogens is 2. The summed E-state index contributed by atoms with van der Waals surface area (Å²) in [4.78, 5) is 12.1. The SMILES string of the molecule is Cc1ccc(Cl)cc1NC(=O)c1nn(C)cc1C. The Bertz CT molecular complexity index is 604. The zero-order valence-electron chi connectivity index (χ0n) is 10.5. The van der Waals surface area contributed by atoms with E-state index < -0.39 is 0 Å². The Hall–Kier alpha value is -1.81. The first-order valence-corrected chi connectivity index (χ1v) is 5.93. The van der Waals surface area contributed by atoms with Crippen molar-refractivity contribution in [2.75, 3.05) is 5.32 Å². The highest BCUT2D eigenvalue weighted by molar-refractivity contribution is 6.31. The third kappa shape index (κ3) is 2.54. The van der Waals surface area contributed by atoms with E-state index in [-0.39, 0.29) is 5.91 Å². The van der Waals surface area contributed by atoms with E-state index in [9.17, 15) is 4.79 Å². The molecule has 0 aliphatic heterocycles. The molecule has 2 rings (SSSR count). The maximum absolute atomic E-state index is 12.1. The van der Waals surface area contributed by atoms with Crippen molar-refractivity contribution in [3.8, 4) is 0 Å². The zero-order chi connectivity index (χ0) is 13.3. The van der Waals surface area contributed by atoms with Gasteiger partial charge >= 0.3 is 0 Å². The molecule has 2 aromatic rings. The average molecular weight is 264 g/mol. The first kappa shape index (κ1) is 12.6. The number of carbonyl (C=O) groups is 1. The van der Waals surface area contributed by atoms with Crippen LogP contribution in [0.5, 0.6) is 0 Å². The standard InChI is InChI=1S/C13H14ClN3O/c1-8-4-5-10(14)6-11(8)15-13(18)12-9(2)7-17(3)16-12/h4-7H,1-3H3,(H,15,18). The number of nitrogens with zero attached hydrogens (tertiary/aromatic N) is 2. The van der Waals surface area contributed by atoms with Gasteiger partial charge in [-0.25, -0.2) is 0 Å². The van der Waals surface area contributed by atoms with Crippen molar-refractivity contribution in [2.24, 2.45) is 7.05 Å². The molecule has 1 amide bonds. The Labute approximate surface area is 111 Å². The summed E-state index contributed by atoms with van der Waals surface area (Å²) in [7, 11) is 1.79. The quantitative estimate of drug-likeness (QED) is 0.906. The van der Waals surface area contributed by atoms with Crippen molar-refractivity contribution >= 4 is 23.2 Å². The molecular weight excluding hydrogens is 250 g/mol. The molecule has 5 heteroatoms. The van der Waals surface area contributed by atoms with Gasteiger partial charge in [0.2, 0.25) is 0 Å². The lowest BCUT2D eigenvalue weighted by atomic mass is 10.2. The topological polar surface area (TPSA) is 46.9 Å². The van der Waals surface area contributed by atoms with E-state index in [0.717, 1.165) is 11.1 Å². The van der Waals surface area contributed by atoms with Gasteiger partial charge in [0.25, 0.3) is 5.91 Å². The monoisotopic (exact) mass is 263 g/mol. The third-order valence-corrected chi connectivity index (χ3v) is 2.91. The lowest BCUT2D eigenvalue weighted by molar-refractivity contribution is 0.102. The van der Waals surface area contributed by atoms with Crippen LogP contribution in [0.15, 0.2) is 24.4 Å². The van der Waals surface area contributed by atoms with Crippen LogP contribution in [0.4, 0.5) is 5.69 Å². The van der Waals surface area contributed by atoms with Gasteiger partial charge in [-0.1, -0.05) is 17.7 Å². The van der Waals surface area contributed by atoms with Gasteiger partial charge in [-0.2, -0.15) is 5.10 Å². The fourth-order valence-corrected chi connectivity index (χ4v) is 1.91. The molecule has 0 bridgehead atoms. The zero-order valence-corrected chi connectivity index (χ0v) is 11.2. The highest BCUT2D eigenvalue weighted by Gasteiger charge is 2.14. The smallest absolute Gasteiger partial charge is 0.276 e. The van der Waals surface area contributed by atoms with Crippen molar-refractivity contribution in [2.45, 2.75) is 13.8 Å². The number of halogens is 1. The summed E-state index contributed by atoms with van der Waals surface area (Å²) < 4.78 is 1.62. The lowest BCUT2D eigenvalue weighted by Crippen LogP contribution is -2.14. The van der Waals surface area contributed by atoms with Crippen LogP contribution in [-0.2, 0) is 7.05 Å². The van der Waals surface area contributed by atoms with E-state index in [1.165, 1.54) is 0 Å². The molecule has 4 nitrogen and oxygen atoms in total. The van der Waals surface area contributed by atoms with Gasteiger partial charge in [0.15, 0.2) is 5.69 Å². The van der Waals surface area contributed by atoms with Gasteiger partial charge in [0.1, 0.15) is 0 Å². The van der Waals surface area contributed by atoms with Gasteiger partial charge < -0.3 is 5.32 Å². The molecule has 0 atom stereocenters. The summed E-state index contributed by atoms with van der Waals surface area (Å²) in [6.07, 6.45) is 1.81. The van der Waals surface area contributed by atoms with Crippen LogP contribution in [0.1, 0.15) is 21.6 Å². The van der Waals surface area contributed by atoms with Crippen LogP contribution in [-0.4, -0.2) is 15.7 Å². The molecule has 1 N–H and O–H groups in total.